The van der Waals surface area contributed by atoms with E-state index in [0.29, 0.717) is 22.0 Å². The molecule has 5 heteroatoms. The van der Waals surface area contributed by atoms with E-state index in [-0.39, 0.29) is 16.9 Å². The molecular weight excluding hydrogens is 270 g/mol. The largest absolute Gasteiger partial charge is 0.504 e. The number of aryl methyl sites for hydroxylation is 1. The topological polar surface area (TPSA) is 60.7 Å². The van der Waals surface area contributed by atoms with Gasteiger partial charge in [-0.05, 0) is 12.1 Å². The molecule has 0 aliphatic rings. The fourth-order valence-corrected chi connectivity index (χ4v) is 2.73. The minimum absolute atomic E-state index is 0.0628. The standard InChI is InChI=1S/C16H15NO4/c1-17-10-7-5-4-6-9(10)15(19)13-12(20-2)8-11(18)16(21-3)14(13)17/h4-8,18H,1-3H3. The molecule has 0 saturated heterocycles. The zero-order valence-corrected chi connectivity index (χ0v) is 12.0. The van der Waals surface area contributed by atoms with Crippen LogP contribution in [0.25, 0.3) is 21.8 Å². The van der Waals surface area contributed by atoms with E-state index in [1.807, 2.05) is 29.8 Å². The number of rotatable bonds is 2. The first-order valence-corrected chi connectivity index (χ1v) is 6.45. The lowest BCUT2D eigenvalue weighted by atomic mass is 10.1. The average Bonchev–Trinajstić information content (AvgIpc) is 2.51. The van der Waals surface area contributed by atoms with Crippen molar-refractivity contribution in [3.05, 3.63) is 40.6 Å². The summed E-state index contributed by atoms with van der Waals surface area (Å²) in [5, 5.41) is 11.1. The maximum absolute atomic E-state index is 12.8. The molecule has 1 aromatic heterocycles. The van der Waals surface area contributed by atoms with E-state index in [1.54, 1.807) is 6.07 Å². The molecule has 21 heavy (non-hydrogen) atoms. The number of benzene rings is 2. The summed E-state index contributed by atoms with van der Waals surface area (Å²) >= 11 is 0. The summed E-state index contributed by atoms with van der Waals surface area (Å²) in [6, 6.07) is 8.71. The summed E-state index contributed by atoms with van der Waals surface area (Å²) in [5.41, 5.74) is 1.13. The number of aromatic nitrogens is 1. The fourth-order valence-electron chi connectivity index (χ4n) is 2.73. The van der Waals surface area contributed by atoms with Crippen LogP contribution in [0, 0.1) is 0 Å². The Morgan fingerprint density at radius 3 is 2.52 bits per heavy atom. The van der Waals surface area contributed by atoms with Gasteiger partial charge in [-0.25, -0.2) is 0 Å². The lowest BCUT2D eigenvalue weighted by Gasteiger charge is -2.16. The van der Waals surface area contributed by atoms with Gasteiger partial charge in [0.25, 0.3) is 0 Å². The monoisotopic (exact) mass is 285 g/mol. The van der Waals surface area contributed by atoms with Crippen molar-refractivity contribution in [3.8, 4) is 17.2 Å². The van der Waals surface area contributed by atoms with Crippen LogP contribution < -0.4 is 14.9 Å². The zero-order valence-electron chi connectivity index (χ0n) is 12.0. The minimum Gasteiger partial charge on any atom is -0.504 e. The smallest absolute Gasteiger partial charge is 0.201 e. The molecule has 0 spiro atoms. The molecule has 108 valence electrons. The maximum atomic E-state index is 12.8. The van der Waals surface area contributed by atoms with E-state index in [0.717, 1.165) is 5.52 Å². The van der Waals surface area contributed by atoms with Crippen LogP contribution in [0.3, 0.4) is 0 Å². The molecule has 0 radical (unpaired) electrons. The third-order valence-corrected chi connectivity index (χ3v) is 3.70. The number of nitrogens with zero attached hydrogens (tertiary/aromatic N) is 1. The molecular formula is C16H15NO4. The van der Waals surface area contributed by atoms with E-state index in [4.69, 9.17) is 9.47 Å². The Bertz CT molecular complexity index is 912. The van der Waals surface area contributed by atoms with Gasteiger partial charge >= 0.3 is 0 Å². The second-order valence-electron chi connectivity index (χ2n) is 4.76. The first-order chi connectivity index (χ1) is 10.1. The average molecular weight is 285 g/mol. The molecule has 1 heterocycles. The molecule has 5 nitrogen and oxygen atoms in total. The molecule has 0 aliphatic carbocycles. The highest BCUT2D eigenvalue weighted by molar-refractivity contribution is 6.00. The quantitative estimate of drug-likeness (QED) is 0.735. The Morgan fingerprint density at radius 2 is 1.86 bits per heavy atom. The molecule has 0 bridgehead atoms. The van der Waals surface area contributed by atoms with E-state index in [2.05, 4.69) is 0 Å². The zero-order chi connectivity index (χ0) is 15.1. The molecule has 0 aliphatic heterocycles. The van der Waals surface area contributed by atoms with Crippen LogP contribution in [0.1, 0.15) is 0 Å². The number of aromatic hydroxyl groups is 1. The van der Waals surface area contributed by atoms with Crippen LogP contribution >= 0.6 is 0 Å². The fraction of sp³-hybridized carbons (Fsp3) is 0.188. The predicted molar refractivity (Wildman–Crippen MR) is 81.5 cm³/mol. The van der Waals surface area contributed by atoms with Crippen LogP contribution in [-0.2, 0) is 7.05 Å². The molecule has 0 saturated carbocycles. The van der Waals surface area contributed by atoms with E-state index in [1.165, 1.54) is 20.3 Å². The molecule has 2 aromatic carbocycles. The Hall–Kier alpha value is -2.69. The summed E-state index contributed by atoms with van der Waals surface area (Å²) in [6.07, 6.45) is 0. The van der Waals surface area contributed by atoms with Gasteiger partial charge in [-0.1, -0.05) is 12.1 Å². The van der Waals surface area contributed by atoms with Gasteiger partial charge in [-0.2, -0.15) is 0 Å². The van der Waals surface area contributed by atoms with Crippen LogP contribution in [-0.4, -0.2) is 23.9 Å². The highest BCUT2D eigenvalue weighted by atomic mass is 16.5. The van der Waals surface area contributed by atoms with Gasteiger partial charge in [0.1, 0.15) is 11.3 Å². The maximum Gasteiger partial charge on any atom is 0.201 e. The van der Waals surface area contributed by atoms with Crippen molar-refractivity contribution >= 4 is 21.8 Å². The van der Waals surface area contributed by atoms with Crippen molar-refractivity contribution in [2.75, 3.05) is 14.2 Å². The number of hydrogen-bond donors (Lipinski definition) is 1. The van der Waals surface area contributed by atoms with Crippen LogP contribution in [0.2, 0.25) is 0 Å². The Morgan fingerprint density at radius 1 is 1.14 bits per heavy atom. The highest BCUT2D eigenvalue weighted by Gasteiger charge is 2.20. The number of methoxy groups -OCH3 is 2. The molecule has 0 fully saturated rings. The Labute approximate surface area is 121 Å². The summed E-state index contributed by atoms with van der Waals surface area (Å²) in [4.78, 5) is 12.8. The first kappa shape index (κ1) is 13.3. The third-order valence-electron chi connectivity index (χ3n) is 3.70. The molecule has 0 atom stereocenters. The minimum atomic E-state index is -0.145. The first-order valence-electron chi connectivity index (χ1n) is 6.45. The van der Waals surface area contributed by atoms with Gasteiger partial charge < -0.3 is 19.1 Å². The van der Waals surface area contributed by atoms with Crippen molar-refractivity contribution in [1.82, 2.24) is 4.57 Å². The molecule has 3 rings (SSSR count). The van der Waals surface area contributed by atoms with Crippen molar-refractivity contribution in [3.63, 3.8) is 0 Å². The molecule has 0 amide bonds. The van der Waals surface area contributed by atoms with Crippen molar-refractivity contribution in [2.24, 2.45) is 7.05 Å². The van der Waals surface area contributed by atoms with Crippen molar-refractivity contribution in [2.45, 2.75) is 0 Å². The van der Waals surface area contributed by atoms with E-state index in [9.17, 15) is 9.90 Å². The van der Waals surface area contributed by atoms with Gasteiger partial charge in [0.05, 0.1) is 25.1 Å². The van der Waals surface area contributed by atoms with Crippen molar-refractivity contribution in [1.29, 1.82) is 0 Å². The number of fused-ring (bicyclic) bond motifs is 2. The number of phenolic OH excluding ortho intramolecular Hbond substituents is 1. The Kier molecular flexibility index (Phi) is 2.97. The van der Waals surface area contributed by atoms with Crippen molar-refractivity contribution < 1.29 is 14.6 Å². The van der Waals surface area contributed by atoms with Gasteiger partial charge in [0.15, 0.2) is 11.5 Å². The van der Waals surface area contributed by atoms with E-state index < -0.39 is 0 Å². The number of ether oxygens (including phenoxy) is 2. The summed E-state index contributed by atoms with van der Waals surface area (Å²) < 4.78 is 12.4. The van der Waals surface area contributed by atoms with Crippen LogP contribution in [0.15, 0.2) is 35.1 Å². The summed E-state index contributed by atoms with van der Waals surface area (Å²) in [7, 11) is 4.75. The number of phenols is 1. The predicted octanol–water partition coefficient (Wildman–Crippen LogP) is 2.41. The van der Waals surface area contributed by atoms with Gasteiger partial charge in [-0.3, -0.25) is 4.79 Å². The number of hydrogen-bond acceptors (Lipinski definition) is 4. The second kappa shape index (κ2) is 4.70. The Balaban J connectivity index is 2.71. The van der Waals surface area contributed by atoms with E-state index >= 15 is 0 Å². The number of pyridine rings is 1. The summed E-state index contributed by atoms with van der Waals surface area (Å²) in [5.74, 6) is 0.526. The molecule has 1 N–H and O–H groups in total. The highest BCUT2D eigenvalue weighted by Crippen LogP contribution is 2.40. The normalized spacial score (nSPS) is 11.0. The SMILES string of the molecule is COc1cc(O)c(OC)c2c1c(=O)c1ccccc1n2C. The van der Waals surface area contributed by atoms with Gasteiger partial charge in [0.2, 0.25) is 5.43 Å². The lowest BCUT2D eigenvalue weighted by molar-refractivity contribution is 0.370. The number of para-hydroxylation sites is 1. The molecule has 3 aromatic rings. The lowest BCUT2D eigenvalue weighted by Crippen LogP contribution is -2.11. The van der Waals surface area contributed by atoms with Crippen LogP contribution in [0.4, 0.5) is 0 Å². The second-order valence-corrected chi connectivity index (χ2v) is 4.76. The van der Waals surface area contributed by atoms with Crippen LogP contribution in [0.5, 0.6) is 17.2 Å². The van der Waals surface area contributed by atoms with Gasteiger partial charge in [-0.15, -0.1) is 0 Å². The van der Waals surface area contributed by atoms with Gasteiger partial charge in [0, 0.05) is 18.5 Å². The third kappa shape index (κ3) is 1.74. The molecule has 0 unspecified atom stereocenters. The summed E-state index contributed by atoms with van der Waals surface area (Å²) in [6.45, 7) is 0.